The molecule has 1 saturated carbocycles. The van der Waals surface area contributed by atoms with E-state index in [4.69, 9.17) is 0 Å². The first-order valence-corrected chi connectivity index (χ1v) is 7.94. The number of amides is 1. The van der Waals surface area contributed by atoms with Crippen LogP contribution in [0.15, 0.2) is 16.9 Å². The number of aromatic nitrogens is 2. The lowest BCUT2D eigenvalue weighted by Crippen LogP contribution is -2.52. The third-order valence-corrected chi connectivity index (χ3v) is 4.68. The Labute approximate surface area is 124 Å². The van der Waals surface area contributed by atoms with Gasteiger partial charge in [-0.25, -0.2) is 4.68 Å². The molecule has 3 rings (SSSR count). The van der Waals surface area contributed by atoms with Crippen molar-refractivity contribution in [1.82, 2.24) is 14.7 Å². The van der Waals surface area contributed by atoms with Gasteiger partial charge in [0.2, 0.25) is 5.91 Å². The Morgan fingerprint density at radius 2 is 1.95 bits per heavy atom. The first-order valence-electron chi connectivity index (χ1n) is 7.94. The molecule has 0 bridgehead atoms. The van der Waals surface area contributed by atoms with Crippen LogP contribution in [0.25, 0.3) is 0 Å². The van der Waals surface area contributed by atoms with Crippen LogP contribution in [0.2, 0.25) is 0 Å². The summed E-state index contributed by atoms with van der Waals surface area (Å²) in [5.74, 6) is 1.27. The Morgan fingerprint density at radius 1 is 1.24 bits per heavy atom. The van der Waals surface area contributed by atoms with Crippen LogP contribution in [-0.4, -0.2) is 33.7 Å². The van der Waals surface area contributed by atoms with Gasteiger partial charge in [0.1, 0.15) is 0 Å². The van der Waals surface area contributed by atoms with E-state index >= 15 is 0 Å². The van der Waals surface area contributed by atoms with Crippen LogP contribution in [-0.2, 0) is 11.3 Å². The number of aryl methyl sites for hydroxylation is 1. The minimum Gasteiger partial charge on any atom is -0.342 e. The molecule has 1 aromatic rings. The molecular weight excluding hydrogens is 266 g/mol. The highest BCUT2D eigenvalue weighted by molar-refractivity contribution is 5.77. The highest BCUT2D eigenvalue weighted by Gasteiger charge is 2.32. The molecule has 114 valence electrons. The van der Waals surface area contributed by atoms with Crippen LogP contribution in [0.4, 0.5) is 0 Å². The van der Waals surface area contributed by atoms with E-state index in [1.54, 1.807) is 12.1 Å². The predicted molar refractivity (Wildman–Crippen MR) is 79.9 cm³/mol. The summed E-state index contributed by atoms with van der Waals surface area (Å²) in [7, 11) is 0. The fraction of sp³-hybridized carbons (Fsp3) is 0.688. The van der Waals surface area contributed by atoms with Crippen molar-refractivity contribution in [2.24, 2.45) is 11.8 Å². The van der Waals surface area contributed by atoms with E-state index in [9.17, 15) is 9.59 Å². The van der Waals surface area contributed by atoms with Gasteiger partial charge in [-0.1, -0.05) is 12.8 Å². The normalized spacial score (nSPS) is 19.8. The number of hydrogen-bond acceptors (Lipinski definition) is 3. The Morgan fingerprint density at radius 3 is 2.67 bits per heavy atom. The summed E-state index contributed by atoms with van der Waals surface area (Å²) in [6.45, 7) is 4.04. The minimum absolute atomic E-state index is 0.0590. The van der Waals surface area contributed by atoms with E-state index < -0.39 is 0 Å². The summed E-state index contributed by atoms with van der Waals surface area (Å²) in [5.41, 5.74) is 0.791. The highest BCUT2D eigenvalue weighted by Crippen LogP contribution is 2.29. The molecule has 0 aromatic carbocycles. The molecule has 0 radical (unpaired) electrons. The molecule has 1 aliphatic carbocycles. The van der Waals surface area contributed by atoms with Crippen molar-refractivity contribution in [3.63, 3.8) is 0 Å². The smallest absolute Gasteiger partial charge is 0.266 e. The number of likely N-dealkylation sites (tertiary alicyclic amines) is 1. The highest BCUT2D eigenvalue weighted by atomic mass is 16.2. The molecule has 0 spiro atoms. The molecule has 2 fully saturated rings. The average Bonchev–Trinajstić information content (AvgIpc) is 2.89. The van der Waals surface area contributed by atoms with E-state index in [1.165, 1.54) is 30.4 Å². The van der Waals surface area contributed by atoms with Crippen LogP contribution in [0.1, 0.15) is 37.8 Å². The predicted octanol–water partition coefficient (Wildman–Crippen LogP) is 1.59. The standard InChI is InChI=1S/C16H23N3O2/c1-12-6-7-15(20)19(17-12)11-14-9-18(10-14)16(21)8-13-4-2-3-5-13/h6-7,13-14H,2-5,8-11H2,1H3. The number of nitrogens with zero attached hydrogens (tertiary/aromatic N) is 3. The van der Waals surface area contributed by atoms with Crippen molar-refractivity contribution < 1.29 is 4.79 Å². The largest absolute Gasteiger partial charge is 0.342 e. The van der Waals surface area contributed by atoms with Crippen LogP contribution < -0.4 is 5.56 Å². The molecule has 21 heavy (non-hydrogen) atoms. The Balaban J connectivity index is 1.48. The van der Waals surface area contributed by atoms with Gasteiger partial charge in [-0.05, 0) is 31.7 Å². The monoisotopic (exact) mass is 289 g/mol. The number of carbonyl (C=O) groups is 1. The molecule has 1 aliphatic heterocycles. The van der Waals surface area contributed by atoms with Crippen molar-refractivity contribution >= 4 is 5.91 Å². The van der Waals surface area contributed by atoms with E-state index in [-0.39, 0.29) is 5.56 Å². The quantitative estimate of drug-likeness (QED) is 0.846. The van der Waals surface area contributed by atoms with Gasteiger partial charge in [0.15, 0.2) is 0 Å². The zero-order chi connectivity index (χ0) is 14.8. The molecule has 0 atom stereocenters. The molecule has 0 unspecified atom stereocenters. The van der Waals surface area contributed by atoms with Gasteiger partial charge in [0.25, 0.3) is 5.56 Å². The molecule has 5 heteroatoms. The summed E-state index contributed by atoms with van der Waals surface area (Å²) in [4.78, 5) is 25.8. The lowest BCUT2D eigenvalue weighted by Gasteiger charge is -2.39. The third kappa shape index (κ3) is 3.34. The number of carbonyl (C=O) groups excluding carboxylic acids is 1. The number of rotatable bonds is 4. The Hall–Kier alpha value is -1.65. The van der Waals surface area contributed by atoms with E-state index in [0.29, 0.717) is 24.3 Å². The summed E-state index contributed by atoms with van der Waals surface area (Å²) < 4.78 is 1.53. The van der Waals surface area contributed by atoms with Crippen molar-refractivity contribution in [1.29, 1.82) is 0 Å². The van der Waals surface area contributed by atoms with Gasteiger partial charge in [-0.15, -0.1) is 0 Å². The number of hydrogen-bond donors (Lipinski definition) is 0. The second-order valence-corrected chi connectivity index (χ2v) is 6.51. The zero-order valence-corrected chi connectivity index (χ0v) is 12.6. The fourth-order valence-electron chi connectivity index (χ4n) is 3.41. The lowest BCUT2D eigenvalue weighted by atomic mass is 9.97. The second-order valence-electron chi connectivity index (χ2n) is 6.51. The fourth-order valence-corrected chi connectivity index (χ4v) is 3.41. The Bertz CT molecular complexity index is 569. The van der Waals surface area contributed by atoms with Crippen molar-refractivity contribution in [3.05, 3.63) is 28.2 Å². The molecular formula is C16H23N3O2. The maximum Gasteiger partial charge on any atom is 0.266 e. The zero-order valence-electron chi connectivity index (χ0n) is 12.6. The van der Waals surface area contributed by atoms with Gasteiger partial charge in [0.05, 0.1) is 12.2 Å². The van der Waals surface area contributed by atoms with Crippen LogP contribution in [0.5, 0.6) is 0 Å². The Kier molecular flexibility index (Phi) is 4.08. The molecule has 1 aromatic heterocycles. The summed E-state index contributed by atoms with van der Waals surface area (Å²) >= 11 is 0. The SMILES string of the molecule is Cc1ccc(=O)n(CC2CN(C(=O)CC3CCCC3)C2)n1. The van der Waals surface area contributed by atoms with Gasteiger partial charge in [-0.3, -0.25) is 9.59 Å². The van der Waals surface area contributed by atoms with Crippen molar-refractivity contribution in [2.75, 3.05) is 13.1 Å². The van der Waals surface area contributed by atoms with E-state index in [0.717, 1.165) is 25.2 Å². The first kappa shape index (κ1) is 14.3. The molecule has 0 N–H and O–H groups in total. The van der Waals surface area contributed by atoms with Gasteiger partial charge < -0.3 is 4.90 Å². The van der Waals surface area contributed by atoms with Crippen molar-refractivity contribution in [3.8, 4) is 0 Å². The molecule has 1 saturated heterocycles. The van der Waals surface area contributed by atoms with Crippen LogP contribution in [0.3, 0.4) is 0 Å². The maximum atomic E-state index is 12.1. The summed E-state index contributed by atoms with van der Waals surface area (Å²) in [6.07, 6.45) is 5.71. The maximum absolute atomic E-state index is 12.1. The molecule has 1 amide bonds. The van der Waals surface area contributed by atoms with Crippen molar-refractivity contribution in [2.45, 2.75) is 45.6 Å². The second kappa shape index (κ2) is 6.00. The topological polar surface area (TPSA) is 55.2 Å². The van der Waals surface area contributed by atoms with E-state index in [2.05, 4.69) is 5.10 Å². The van der Waals surface area contributed by atoms with Gasteiger partial charge in [-0.2, -0.15) is 5.10 Å². The minimum atomic E-state index is -0.0590. The summed E-state index contributed by atoms with van der Waals surface area (Å²) in [6, 6.07) is 3.29. The molecule has 5 nitrogen and oxygen atoms in total. The third-order valence-electron chi connectivity index (χ3n) is 4.68. The average molecular weight is 289 g/mol. The molecule has 2 aliphatic rings. The van der Waals surface area contributed by atoms with E-state index in [1.807, 2.05) is 11.8 Å². The molecule has 2 heterocycles. The van der Waals surface area contributed by atoms with Crippen LogP contribution in [0, 0.1) is 18.8 Å². The van der Waals surface area contributed by atoms with Crippen LogP contribution >= 0.6 is 0 Å². The van der Waals surface area contributed by atoms with Gasteiger partial charge >= 0.3 is 0 Å². The lowest BCUT2D eigenvalue weighted by molar-refractivity contribution is -0.138. The first-order chi connectivity index (χ1) is 10.1. The van der Waals surface area contributed by atoms with Gasteiger partial charge in [0, 0.05) is 31.5 Å². The summed E-state index contributed by atoms with van der Waals surface area (Å²) in [5, 5.41) is 4.25.